The highest BCUT2D eigenvalue weighted by atomic mass is 19.4. The molecule has 0 aliphatic carbocycles. The van der Waals surface area contributed by atoms with Gasteiger partial charge in [0.1, 0.15) is 0 Å². The normalized spacial score (nSPS) is 11.2. The largest absolute Gasteiger partial charge is 0.416 e. The first-order valence-electron chi connectivity index (χ1n) is 5.61. The molecular formula is C14H8F4N2. The number of pyridine rings is 1. The van der Waals surface area contributed by atoms with Crippen LogP contribution in [0.5, 0.6) is 0 Å². The summed E-state index contributed by atoms with van der Waals surface area (Å²) in [5, 5.41) is 8.58. The van der Waals surface area contributed by atoms with E-state index in [2.05, 4.69) is 4.98 Å². The van der Waals surface area contributed by atoms with Crippen LogP contribution in [0.1, 0.15) is 11.1 Å². The molecule has 0 radical (unpaired) electrons. The van der Waals surface area contributed by atoms with E-state index in [0.29, 0.717) is 5.56 Å². The van der Waals surface area contributed by atoms with Gasteiger partial charge in [0.2, 0.25) is 5.95 Å². The summed E-state index contributed by atoms with van der Waals surface area (Å²) in [7, 11) is 0. The lowest BCUT2D eigenvalue weighted by molar-refractivity contribution is -0.137. The van der Waals surface area contributed by atoms with Gasteiger partial charge in [0.15, 0.2) is 0 Å². The molecule has 0 aliphatic heterocycles. The number of benzene rings is 1. The molecule has 0 saturated carbocycles. The van der Waals surface area contributed by atoms with Crippen molar-refractivity contribution in [2.45, 2.75) is 12.6 Å². The van der Waals surface area contributed by atoms with Gasteiger partial charge in [0.25, 0.3) is 0 Å². The van der Waals surface area contributed by atoms with E-state index >= 15 is 0 Å². The molecule has 2 aromatic rings. The number of halogens is 4. The predicted molar refractivity (Wildman–Crippen MR) is 64.0 cm³/mol. The number of alkyl halides is 3. The molecule has 0 atom stereocenters. The van der Waals surface area contributed by atoms with Crippen LogP contribution in [-0.2, 0) is 12.6 Å². The van der Waals surface area contributed by atoms with Crippen molar-refractivity contribution >= 4 is 0 Å². The van der Waals surface area contributed by atoms with E-state index in [1.54, 1.807) is 0 Å². The molecule has 0 amide bonds. The number of hydrogen-bond acceptors (Lipinski definition) is 2. The molecule has 0 unspecified atom stereocenters. The van der Waals surface area contributed by atoms with Crippen molar-refractivity contribution in [3.05, 3.63) is 53.6 Å². The summed E-state index contributed by atoms with van der Waals surface area (Å²) in [6, 6.07) is 7.55. The maximum atomic E-state index is 13.6. The molecular weight excluding hydrogens is 272 g/mol. The average molecular weight is 280 g/mol. The first-order chi connectivity index (χ1) is 9.41. The van der Waals surface area contributed by atoms with E-state index in [9.17, 15) is 17.6 Å². The summed E-state index contributed by atoms with van der Waals surface area (Å²) in [6.45, 7) is 0. The van der Waals surface area contributed by atoms with Gasteiger partial charge in [-0.05, 0) is 29.3 Å². The van der Waals surface area contributed by atoms with Gasteiger partial charge in [0.05, 0.1) is 18.1 Å². The molecule has 1 aromatic carbocycles. The summed E-state index contributed by atoms with van der Waals surface area (Å²) in [4.78, 5) is 3.47. The third-order valence-electron chi connectivity index (χ3n) is 2.68. The predicted octanol–water partition coefficient (Wildman–Crippen LogP) is 3.97. The van der Waals surface area contributed by atoms with Gasteiger partial charge in [-0.3, -0.25) is 0 Å². The van der Waals surface area contributed by atoms with Crippen LogP contribution in [0.2, 0.25) is 0 Å². The van der Waals surface area contributed by atoms with Gasteiger partial charge in [0, 0.05) is 11.8 Å². The average Bonchev–Trinajstić information content (AvgIpc) is 2.40. The Bertz CT molecular complexity index is 672. The van der Waals surface area contributed by atoms with Crippen LogP contribution in [0.15, 0.2) is 36.5 Å². The Morgan fingerprint density at radius 3 is 2.60 bits per heavy atom. The molecule has 2 nitrogen and oxygen atoms in total. The van der Waals surface area contributed by atoms with Crippen molar-refractivity contribution in [3.8, 4) is 17.2 Å². The topological polar surface area (TPSA) is 36.7 Å². The minimum Gasteiger partial charge on any atom is -0.227 e. The van der Waals surface area contributed by atoms with Crippen molar-refractivity contribution in [1.82, 2.24) is 4.98 Å². The summed E-state index contributed by atoms with van der Waals surface area (Å²) < 4.78 is 51.5. The van der Waals surface area contributed by atoms with Crippen LogP contribution in [0.4, 0.5) is 17.6 Å². The van der Waals surface area contributed by atoms with Gasteiger partial charge in [-0.15, -0.1) is 0 Å². The number of hydrogen-bond donors (Lipinski definition) is 0. The fourth-order valence-corrected chi connectivity index (χ4v) is 1.74. The highest BCUT2D eigenvalue weighted by Crippen LogP contribution is 2.32. The SMILES string of the molecule is N#CCc1cnc(F)c(-c2cccc(C(F)(F)F)c2)c1. The maximum Gasteiger partial charge on any atom is 0.416 e. The van der Waals surface area contributed by atoms with Crippen LogP contribution >= 0.6 is 0 Å². The number of nitrogens with zero attached hydrogens (tertiary/aromatic N) is 2. The Morgan fingerprint density at radius 2 is 1.95 bits per heavy atom. The van der Waals surface area contributed by atoms with E-state index in [0.717, 1.165) is 12.1 Å². The van der Waals surface area contributed by atoms with E-state index in [4.69, 9.17) is 5.26 Å². The summed E-state index contributed by atoms with van der Waals surface area (Å²) in [5.41, 5.74) is -0.394. The maximum absolute atomic E-state index is 13.6. The first-order valence-corrected chi connectivity index (χ1v) is 5.61. The van der Waals surface area contributed by atoms with Crippen molar-refractivity contribution in [2.75, 3.05) is 0 Å². The lowest BCUT2D eigenvalue weighted by Crippen LogP contribution is -2.04. The van der Waals surface area contributed by atoms with Crippen LogP contribution in [0.3, 0.4) is 0 Å². The second-order valence-electron chi connectivity index (χ2n) is 4.10. The highest BCUT2D eigenvalue weighted by molar-refractivity contribution is 5.64. The second-order valence-corrected chi connectivity index (χ2v) is 4.10. The lowest BCUT2D eigenvalue weighted by Gasteiger charge is -2.09. The van der Waals surface area contributed by atoms with Crippen LogP contribution in [0.25, 0.3) is 11.1 Å². The Labute approximate surface area is 112 Å². The quantitative estimate of drug-likeness (QED) is 0.616. The van der Waals surface area contributed by atoms with Crippen LogP contribution in [0, 0.1) is 17.3 Å². The van der Waals surface area contributed by atoms with Gasteiger partial charge in [-0.1, -0.05) is 12.1 Å². The molecule has 0 saturated heterocycles. The minimum atomic E-state index is -4.50. The lowest BCUT2D eigenvalue weighted by atomic mass is 10.0. The Balaban J connectivity index is 2.51. The molecule has 1 aromatic heterocycles. The fraction of sp³-hybridized carbons (Fsp3) is 0.143. The Morgan fingerprint density at radius 1 is 1.20 bits per heavy atom. The van der Waals surface area contributed by atoms with Crippen LogP contribution < -0.4 is 0 Å². The van der Waals surface area contributed by atoms with Crippen molar-refractivity contribution in [1.29, 1.82) is 5.26 Å². The van der Waals surface area contributed by atoms with Gasteiger partial charge < -0.3 is 0 Å². The monoisotopic (exact) mass is 280 g/mol. The summed E-state index contributed by atoms with van der Waals surface area (Å²) in [5.74, 6) is -0.869. The highest BCUT2D eigenvalue weighted by Gasteiger charge is 2.30. The molecule has 6 heteroatoms. The molecule has 20 heavy (non-hydrogen) atoms. The fourth-order valence-electron chi connectivity index (χ4n) is 1.74. The van der Waals surface area contributed by atoms with Gasteiger partial charge in [-0.2, -0.15) is 22.8 Å². The van der Waals surface area contributed by atoms with E-state index < -0.39 is 17.7 Å². The zero-order valence-corrected chi connectivity index (χ0v) is 10.1. The Kier molecular flexibility index (Phi) is 3.70. The molecule has 0 fully saturated rings. The zero-order valence-electron chi connectivity index (χ0n) is 10.1. The summed E-state index contributed by atoms with van der Waals surface area (Å²) in [6.07, 6.45) is -3.29. The van der Waals surface area contributed by atoms with Crippen molar-refractivity contribution in [2.24, 2.45) is 0 Å². The zero-order chi connectivity index (χ0) is 14.8. The molecule has 0 aliphatic rings. The first kappa shape index (κ1) is 14.0. The molecule has 102 valence electrons. The van der Waals surface area contributed by atoms with E-state index in [1.807, 2.05) is 6.07 Å². The molecule has 2 rings (SSSR count). The number of rotatable bonds is 2. The molecule has 0 spiro atoms. The minimum absolute atomic E-state index is 0.0131. The van der Waals surface area contributed by atoms with Gasteiger partial charge in [-0.25, -0.2) is 4.98 Å². The smallest absolute Gasteiger partial charge is 0.227 e. The molecule has 1 heterocycles. The summed E-state index contributed by atoms with van der Waals surface area (Å²) >= 11 is 0. The third kappa shape index (κ3) is 2.94. The van der Waals surface area contributed by atoms with E-state index in [1.165, 1.54) is 24.4 Å². The number of aromatic nitrogens is 1. The second kappa shape index (κ2) is 5.29. The Hall–Kier alpha value is -2.42. The molecule has 0 N–H and O–H groups in total. The van der Waals surface area contributed by atoms with Gasteiger partial charge >= 0.3 is 6.18 Å². The van der Waals surface area contributed by atoms with Crippen LogP contribution in [-0.4, -0.2) is 4.98 Å². The van der Waals surface area contributed by atoms with Crippen molar-refractivity contribution in [3.63, 3.8) is 0 Å². The molecule has 0 bridgehead atoms. The third-order valence-corrected chi connectivity index (χ3v) is 2.68. The standard InChI is InChI=1S/C14H8F4N2/c15-13-12(6-9(4-5-19)8-20-13)10-2-1-3-11(7-10)14(16,17)18/h1-3,6-8H,4H2. The number of nitriles is 1. The van der Waals surface area contributed by atoms with E-state index in [-0.39, 0.29) is 17.5 Å². The van der Waals surface area contributed by atoms with Crippen molar-refractivity contribution < 1.29 is 17.6 Å².